The van der Waals surface area contributed by atoms with E-state index in [1.54, 1.807) is 54.5 Å². The molecule has 0 saturated carbocycles. The van der Waals surface area contributed by atoms with E-state index in [9.17, 15) is 14.4 Å². The van der Waals surface area contributed by atoms with Crippen LogP contribution in [0.2, 0.25) is 15.1 Å². The number of thiophene rings is 1. The number of nitrogens with zero attached hydrogens (tertiary/aromatic N) is 2. The first-order chi connectivity index (χ1) is 18.8. The predicted molar refractivity (Wildman–Crippen MR) is 151 cm³/mol. The molecule has 2 saturated heterocycles. The second-order valence-corrected chi connectivity index (χ2v) is 12.0. The van der Waals surface area contributed by atoms with Crippen LogP contribution in [0.5, 0.6) is 0 Å². The van der Waals surface area contributed by atoms with Crippen molar-refractivity contribution in [1.29, 1.82) is 0 Å². The molecule has 0 N–H and O–H groups in total. The lowest BCUT2D eigenvalue weighted by Crippen LogP contribution is -2.37. The number of esters is 1. The van der Waals surface area contributed by atoms with E-state index in [1.165, 1.54) is 11.3 Å². The summed E-state index contributed by atoms with van der Waals surface area (Å²) in [5, 5.41) is 3.17. The minimum absolute atomic E-state index is 0.187. The Labute approximate surface area is 244 Å². The van der Waals surface area contributed by atoms with Crippen molar-refractivity contribution in [2.45, 2.75) is 44.8 Å². The summed E-state index contributed by atoms with van der Waals surface area (Å²) in [7, 11) is 0. The van der Waals surface area contributed by atoms with Gasteiger partial charge in [-0.25, -0.2) is 14.8 Å². The van der Waals surface area contributed by atoms with Crippen LogP contribution in [0.3, 0.4) is 0 Å². The van der Waals surface area contributed by atoms with Gasteiger partial charge in [0.1, 0.15) is 10.9 Å². The van der Waals surface area contributed by atoms with Gasteiger partial charge in [0.15, 0.2) is 6.10 Å². The van der Waals surface area contributed by atoms with E-state index in [0.29, 0.717) is 43.3 Å². The number of benzene rings is 2. The molecule has 2 fully saturated rings. The molecular weight excluding hydrogens is 583 g/mol. The van der Waals surface area contributed by atoms with E-state index < -0.39 is 35.8 Å². The highest BCUT2D eigenvalue weighted by Gasteiger charge is 2.61. The summed E-state index contributed by atoms with van der Waals surface area (Å²) in [5.41, 5.74) is 2.38. The normalized spacial score (nSPS) is 22.3. The third-order valence-electron chi connectivity index (χ3n) is 7.31. The number of aryl methyl sites for hydroxylation is 1. The Morgan fingerprint density at radius 2 is 1.74 bits per heavy atom. The number of carbonyl (C=O) groups is 3. The summed E-state index contributed by atoms with van der Waals surface area (Å²) < 4.78 is 5.36. The highest BCUT2D eigenvalue weighted by molar-refractivity contribution is 7.17. The fourth-order valence-electron chi connectivity index (χ4n) is 5.61. The molecule has 2 amide bonds. The number of hydrogen-bond donors (Lipinski definition) is 0. The molecular formula is C28H23Cl3N2O5S. The van der Waals surface area contributed by atoms with Crippen LogP contribution in [0.4, 0.5) is 10.7 Å². The molecule has 1 aromatic heterocycles. The number of anilines is 2. The molecule has 3 aliphatic rings. The Balaban J connectivity index is 1.46. The smallest absolute Gasteiger partial charge is 0.341 e. The second kappa shape index (κ2) is 10.4. The second-order valence-electron chi connectivity index (χ2n) is 9.59. The average Bonchev–Trinajstić information content (AvgIpc) is 3.55. The zero-order chi connectivity index (χ0) is 27.4. The molecule has 0 bridgehead atoms. The Morgan fingerprint density at radius 1 is 1.03 bits per heavy atom. The van der Waals surface area contributed by atoms with Crippen LogP contribution in [0, 0.1) is 5.92 Å². The lowest BCUT2D eigenvalue weighted by molar-refractivity contribution is -0.126. The first-order valence-corrected chi connectivity index (χ1v) is 14.6. The Hall–Kier alpha value is -2.62. The van der Waals surface area contributed by atoms with Gasteiger partial charge in [0.2, 0.25) is 5.91 Å². The summed E-state index contributed by atoms with van der Waals surface area (Å²) in [5.74, 6) is -2.42. The van der Waals surface area contributed by atoms with E-state index in [4.69, 9.17) is 44.4 Å². The van der Waals surface area contributed by atoms with E-state index >= 15 is 0 Å². The first kappa shape index (κ1) is 26.6. The maximum atomic E-state index is 14.2. The van der Waals surface area contributed by atoms with E-state index in [-0.39, 0.29) is 6.61 Å². The van der Waals surface area contributed by atoms with Crippen LogP contribution in [0.25, 0.3) is 0 Å². The number of carbonyl (C=O) groups excluding carboxylic acids is 3. The predicted octanol–water partition coefficient (Wildman–Crippen LogP) is 6.81. The molecule has 7 nitrogen and oxygen atoms in total. The SMILES string of the molecule is CCOC(=O)c1c(N2C(=O)[C@H]3[C@@H](c4ccc(Cl)cc4Cl)N(c4ccc(Cl)cc4)O[C@H]3C2=O)sc2c1CCCC2. The van der Waals surface area contributed by atoms with Gasteiger partial charge in [-0.05, 0) is 80.1 Å². The van der Waals surface area contributed by atoms with Gasteiger partial charge >= 0.3 is 5.97 Å². The van der Waals surface area contributed by atoms with Crippen LogP contribution in [0.1, 0.15) is 52.2 Å². The molecule has 0 radical (unpaired) electrons. The van der Waals surface area contributed by atoms with Crippen LogP contribution in [0.15, 0.2) is 42.5 Å². The molecule has 6 rings (SSSR count). The molecule has 11 heteroatoms. The Bertz CT molecular complexity index is 1490. The number of hydrogen-bond acceptors (Lipinski definition) is 7. The minimum Gasteiger partial charge on any atom is -0.462 e. The fourth-order valence-corrected chi connectivity index (χ4v) is 7.64. The van der Waals surface area contributed by atoms with Gasteiger partial charge in [-0.2, -0.15) is 0 Å². The van der Waals surface area contributed by atoms with Crippen LogP contribution >= 0.6 is 46.1 Å². The number of halogens is 3. The molecule has 0 spiro atoms. The van der Waals surface area contributed by atoms with Gasteiger partial charge in [-0.15, -0.1) is 11.3 Å². The monoisotopic (exact) mass is 604 g/mol. The van der Waals surface area contributed by atoms with Gasteiger partial charge in [0.05, 0.1) is 23.9 Å². The van der Waals surface area contributed by atoms with Crippen LogP contribution < -0.4 is 9.96 Å². The number of amides is 2. The number of hydroxylamine groups is 1. The molecule has 3 heterocycles. The van der Waals surface area contributed by atoms with E-state index in [2.05, 4.69) is 0 Å². The molecule has 0 unspecified atom stereocenters. The zero-order valence-electron chi connectivity index (χ0n) is 20.8. The quantitative estimate of drug-likeness (QED) is 0.235. The molecule has 39 heavy (non-hydrogen) atoms. The zero-order valence-corrected chi connectivity index (χ0v) is 23.9. The average molecular weight is 606 g/mol. The van der Waals surface area contributed by atoms with Gasteiger partial charge in [0, 0.05) is 19.9 Å². The standard InChI is InChI=1S/C28H23Cl3N2O5S/c1-2-37-28(36)21-18-5-3-4-6-20(18)39-27(21)32-25(34)22-23(17-12-9-15(30)13-19(17)31)33(38-24(22)26(32)35)16-10-7-14(29)8-11-16/h7-13,22-24H,2-6H2,1H3/t22-,23+,24+/m0/s1. The number of fused-ring (bicyclic) bond motifs is 2. The maximum Gasteiger partial charge on any atom is 0.341 e. The summed E-state index contributed by atoms with van der Waals surface area (Å²) in [6.45, 7) is 1.92. The van der Waals surface area contributed by atoms with Crippen molar-refractivity contribution in [1.82, 2.24) is 0 Å². The van der Waals surface area contributed by atoms with E-state index in [1.807, 2.05) is 0 Å². The van der Waals surface area contributed by atoms with Crippen LogP contribution in [-0.2, 0) is 32.0 Å². The Kier molecular flexibility index (Phi) is 7.10. The largest absolute Gasteiger partial charge is 0.462 e. The Morgan fingerprint density at radius 3 is 2.46 bits per heavy atom. The summed E-state index contributed by atoms with van der Waals surface area (Å²) in [6.07, 6.45) is 2.29. The topological polar surface area (TPSA) is 76.2 Å². The molecule has 2 aliphatic heterocycles. The number of imide groups is 1. The summed E-state index contributed by atoms with van der Waals surface area (Å²) in [6, 6.07) is 11.2. The van der Waals surface area contributed by atoms with Crippen molar-refractivity contribution in [3.63, 3.8) is 0 Å². The van der Waals surface area contributed by atoms with Gasteiger partial charge in [0.25, 0.3) is 5.91 Å². The third kappa shape index (κ3) is 4.43. The van der Waals surface area contributed by atoms with E-state index in [0.717, 1.165) is 34.6 Å². The lowest BCUT2D eigenvalue weighted by Gasteiger charge is -2.29. The van der Waals surface area contributed by atoms with Crippen molar-refractivity contribution in [2.24, 2.45) is 5.92 Å². The van der Waals surface area contributed by atoms with Crippen molar-refractivity contribution in [3.05, 3.63) is 79.1 Å². The highest BCUT2D eigenvalue weighted by Crippen LogP contribution is 2.51. The van der Waals surface area contributed by atoms with Crippen molar-refractivity contribution in [2.75, 3.05) is 16.6 Å². The van der Waals surface area contributed by atoms with Crippen LogP contribution in [-0.4, -0.2) is 30.5 Å². The molecule has 1 aliphatic carbocycles. The number of rotatable bonds is 5. The van der Waals surface area contributed by atoms with Crippen molar-refractivity contribution in [3.8, 4) is 0 Å². The minimum atomic E-state index is -1.11. The lowest BCUT2D eigenvalue weighted by atomic mass is 9.90. The fraction of sp³-hybridized carbons (Fsp3) is 0.321. The highest BCUT2D eigenvalue weighted by atomic mass is 35.5. The summed E-state index contributed by atoms with van der Waals surface area (Å²) >= 11 is 20.2. The van der Waals surface area contributed by atoms with Crippen molar-refractivity contribution < 1.29 is 24.0 Å². The maximum absolute atomic E-state index is 14.2. The van der Waals surface area contributed by atoms with Gasteiger partial charge in [-0.3, -0.25) is 14.4 Å². The molecule has 2 aromatic carbocycles. The van der Waals surface area contributed by atoms with Gasteiger partial charge in [-0.1, -0.05) is 40.9 Å². The summed E-state index contributed by atoms with van der Waals surface area (Å²) in [4.78, 5) is 49.6. The molecule has 202 valence electrons. The van der Waals surface area contributed by atoms with Crippen molar-refractivity contribution >= 4 is 74.6 Å². The molecule has 3 atom stereocenters. The third-order valence-corrected chi connectivity index (χ3v) is 9.40. The van der Waals surface area contributed by atoms with Gasteiger partial charge < -0.3 is 4.74 Å². The molecule has 3 aromatic rings. The first-order valence-electron chi connectivity index (χ1n) is 12.7. The number of ether oxygens (including phenoxy) is 1.